The van der Waals surface area contributed by atoms with Crippen molar-refractivity contribution >= 4 is 31.8 Å². The summed E-state index contributed by atoms with van der Waals surface area (Å²) in [5.74, 6) is 0. The molecule has 2 aromatic rings. The molecule has 0 bridgehead atoms. The zero-order valence-corrected chi connectivity index (χ0v) is 10.6. The van der Waals surface area contributed by atoms with Crippen LogP contribution in [0.4, 0.5) is 0 Å². The van der Waals surface area contributed by atoms with Gasteiger partial charge in [-0.3, -0.25) is 0 Å². The molecule has 0 atom stereocenters. The number of nitrogens with one attached hydrogen (secondary N) is 1. The van der Waals surface area contributed by atoms with E-state index in [4.69, 9.17) is 0 Å². The first-order chi connectivity index (χ1) is 6.52. The number of H-pyrrole nitrogens is 1. The zero-order chi connectivity index (χ0) is 10.5. The Morgan fingerprint density at radius 2 is 1.50 bits per heavy atom. The number of hydrogen-bond acceptors (Lipinski definition) is 1. The molecule has 1 N–H and O–H groups in total. The molecule has 73 valence electrons. The molecule has 2 rings (SSSR count). The maximum absolute atomic E-state index is 4.46. The molecule has 0 aliphatic carbocycles. The molecule has 0 spiro atoms. The second-order valence-corrected chi connectivity index (χ2v) is 4.58. The Kier molecular flexibility index (Phi) is 2.17. The van der Waals surface area contributed by atoms with E-state index in [0.717, 1.165) is 10.2 Å². The number of benzene rings is 1. The van der Waals surface area contributed by atoms with Crippen LogP contribution in [0.1, 0.15) is 22.3 Å². The Bertz CT molecular complexity index is 467. The van der Waals surface area contributed by atoms with Crippen molar-refractivity contribution < 1.29 is 0 Å². The molecule has 0 fully saturated rings. The number of nitrogens with zero attached hydrogens (tertiary/aromatic N) is 1. The van der Waals surface area contributed by atoms with Crippen molar-refractivity contribution in [1.82, 2.24) is 9.97 Å². The molecule has 1 radical (unpaired) electrons. The fraction of sp³-hybridized carbons (Fsp3) is 0.364. The Morgan fingerprint density at radius 3 is 2.14 bits per heavy atom. The van der Waals surface area contributed by atoms with Crippen LogP contribution in [0.25, 0.3) is 11.0 Å². The van der Waals surface area contributed by atoms with Gasteiger partial charge in [0.2, 0.25) is 0 Å². The van der Waals surface area contributed by atoms with Gasteiger partial charge in [0.1, 0.15) is 0 Å². The number of aromatic nitrogens is 2. The van der Waals surface area contributed by atoms with E-state index in [-0.39, 0.29) is 0 Å². The van der Waals surface area contributed by atoms with Crippen LogP contribution in [-0.2, 0) is 0 Å². The van der Waals surface area contributed by atoms with Crippen molar-refractivity contribution in [2.24, 2.45) is 0 Å². The van der Waals surface area contributed by atoms with Crippen molar-refractivity contribution in [3.63, 3.8) is 0 Å². The second kappa shape index (κ2) is 3.11. The molecule has 3 heteroatoms. The van der Waals surface area contributed by atoms with Crippen LogP contribution < -0.4 is 4.72 Å². The van der Waals surface area contributed by atoms with Crippen LogP contribution in [-0.4, -0.2) is 26.0 Å². The van der Waals surface area contributed by atoms with E-state index >= 15 is 0 Å². The summed E-state index contributed by atoms with van der Waals surface area (Å²) in [7, 11) is 0. The number of aromatic amines is 1. The number of hydrogen-bond donors (Lipinski definition) is 1. The van der Waals surface area contributed by atoms with E-state index in [1.54, 1.807) is 0 Å². The summed E-state index contributed by atoms with van der Waals surface area (Å²) in [6.07, 6.45) is 0. The van der Waals surface area contributed by atoms with Gasteiger partial charge >= 0.3 is 91.7 Å². The standard InChI is InChI=1S/C11H13N2Se/c1-5-6(2)8(4)10-9(7(5)3)12-11(14)13-10/h1-4H3,(H,12,13). The summed E-state index contributed by atoms with van der Waals surface area (Å²) in [6, 6.07) is 0. The Labute approximate surface area is 91.9 Å². The van der Waals surface area contributed by atoms with Crippen LogP contribution in [0.5, 0.6) is 0 Å². The quantitative estimate of drug-likeness (QED) is 0.709. The summed E-state index contributed by atoms with van der Waals surface area (Å²) in [6.45, 7) is 8.59. The van der Waals surface area contributed by atoms with Crippen molar-refractivity contribution in [3.05, 3.63) is 22.3 Å². The van der Waals surface area contributed by atoms with E-state index < -0.39 is 0 Å². The average molecular weight is 252 g/mol. The van der Waals surface area contributed by atoms with Gasteiger partial charge in [0.15, 0.2) is 0 Å². The first-order valence-electron chi connectivity index (χ1n) is 4.65. The molecule has 1 aromatic heterocycles. The molecule has 0 saturated heterocycles. The molecule has 0 aliphatic rings. The minimum atomic E-state index is 0.871. The van der Waals surface area contributed by atoms with Crippen LogP contribution in [0, 0.1) is 27.7 Å². The van der Waals surface area contributed by atoms with Gasteiger partial charge in [-0.1, -0.05) is 0 Å². The monoisotopic (exact) mass is 253 g/mol. The fourth-order valence-electron chi connectivity index (χ4n) is 1.82. The molecule has 1 heterocycles. The molecular weight excluding hydrogens is 239 g/mol. The van der Waals surface area contributed by atoms with Crippen molar-refractivity contribution in [1.29, 1.82) is 0 Å². The average Bonchev–Trinajstić information content (AvgIpc) is 2.54. The Balaban J connectivity index is 3.01. The number of imidazole rings is 1. The topological polar surface area (TPSA) is 28.7 Å². The zero-order valence-electron chi connectivity index (χ0n) is 8.86. The van der Waals surface area contributed by atoms with Crippen molar-refractivity contribution in [3.8, 4) is 0 Å². The minimum absolute atomic E-state index is 0.871. The first kappa shape index (κ1) is 9.75. The predicted octanol–water partition coefficient (Wildman–Crippen LogP) is 1.59. The third kappa shape index (κ3) is 1.20. The number of rotatable bonds is 0. The summed E-state index contributed by atoms with van der Waals surface area (Å²) in [4.78, 5) is 7.73. The van der Waals surface area contributed by atoms with Gasteiger partial charge < -0.3 is 0 Å². The third-order valence-corrected chi connectivity index (χ3v) is 3.51. The Hall–Kier alpha value is -0.791. The molecule has 0 aliphatic heterocycles. The van der Waals surface area contributed by atoms with E-state index in [2.05, 4.69) is 53.7 Å². The van der Waals surface area contributed by atoms with Gasteiger partial charge in [0.25, 0.3) is 0 Å². The van der Waals surface area contributed by atoms with E-state index in [1.165, 1.54) is 27.8 Å². The molecular formula is C11H13N2Se. The third-order valence-electron chi connectivity index (χ3n) is 3.10. The van der Waals surface area contributed by atoms with Gasteiger partial charge in [0.05, 0.1) is 0 Å². The van der Waals surface area contributed by atoms with E-state index in [1.807, 2.05) is 0 Å². The fourth-order valence-corrected chi connectivity index (χ4v) is 2.23. The van der Waals surface area contributed by atoms with Crippen LogP contribution in [0.3, 0.4) is 0 Å². The SMILES string of the molecule is Cc1c(C)c(C)c2[nH]c([Se])nc2c1C. The molecule has 0 saturated carbocycles. The molecule has 2 nitrogen and oxygen atoms in total. The molecule has 1 aromatic carbocycles. The number of fused-ring (bicyclic) bond motifs is 1. The van der Waals surface area contributed by atoms with Gasteiger partial charge in [-0.2, -0.15) is 0 Å². The van der Waals surface area contributed by atoms with Gasteiger partial charge in [0, 0.05) is 0 Å². The normalized spacial score (nSPS) is 11.1. The molecule has 0 unspecified atom stereocenters. The van der Waals surface area contributed by atoms with E-state index in [0.29, 0.717) is 0 Å². The van der Waals surface area contributed by atoms with Gasteiger partial charge in [-0.25, -0.2) is 0 Å². The van der Waals surface area contributed by atoms with Gasteiger partial charge in [-0.15, -0.1) is 0 Å². The summed E-state index contributed by atoms with van der Waals surface area (Å²) in [5.41, 5.74) is 7.55. The van der Waals surface area contributed by atoms with Crippen molar-refractivity contribution in [2.45, 2.75) is 27.7 Å². The first-order valence-corrected chi connectivity index (χ1v) is 5.51. The second-order valence-electron chi connectivity index (χ2n) is 3.77. The van der Waals surface area contributed by atoms with E-state index in [9.17, 15) is 0 Å². The van der Waals surface area contributed by atoms with Crippen molar-refractivity contribution in [2.75, 3.05) is 0 Å². The summed E-state index contributed by atoms with van der Waals surface area (Å²) < 4.78 is 0.871. The number of aryl methyl sites for hydroxylation is 2. The van der Waals surface area contributed by atoms with Gasteiger partial charge in [-0.05, 0) is 0 Å². The summed E-state index contributed by atoms with van der Waals surface area (Å²) in [5, 5.41) is 0. The van der Waals surface area contributed by atoms with Crippen LogP contribution >= 0.6 is 0 Å². The van der Waals surface area contributed by atoms with Crippen LogP contribution in [0.2, 0.25) is 0 Å². The maximum atomic E-state index is 4.46. The summed E-state index contributed by atoms with van der Waals surface area (Å²) >= 11 is 2.92. The predicted molar refractivity (Wildman–Crippen MR) is 60.4 cm³/mol. The molecule has 0 amide bonds. The Morgan fingerprint density at radius 1 is 0.929 bits per heavy atom. The molecule has 14 heavy (non-hydrogen) atoms. The van der Waals surface area contributed by atoms with Crippen LogP contribution in [0.15, 0.2) is 0 Å².